The van der Waals surface area contributed by atoms with Crippen LogP contribution in [0.2, 0.25) is 0 Å². The van der Waals surface area contributed by atoms with Gasteiger partial charge in [-0.25, -0.2) is 0 Å². The van der Waals surface area contributed by atoms with Gasteiger partial charge in [-0.1, -0.05) is 15.9 Å². The van der Waals surface area contributed by atoms with Crippen LogP contribution < -0.4 is 5.32 Å². The standard InChI is InChI=1S/C12H20BrNO2/c1-7(13)11(15)16-12(2,3)9-4-8-5-10(9)14-6-8/h7-10,14H,4-6H2,1-3H3. The number of halogens is 1. The lowest BCUT2D eigenvalue weighted by molar-refractivity contribution is -0.161. The van der Waals surface area contributed by atoms with E-state index in [2.05, 4.69) is 21.2 Å². The van der Waals surface area contributed by atoms with Crippen LogP contribution in [0, 0.1) is 11.8 Å². The second kappa shape index (κ2) is 4.30. The second-order valence-electron chi connectivity index (χ2n) is 5.60. The molecule has 1 aliphatic heterocycles. The lowest BCUT2D eigenvalue weighted by Gasteiger charge is -2.37. The number of nitrogens with one attached hydrogen (secondary N) is 1. The largest absolute Gasteiger partial charge is 0.458 e. The van der Waals surface area contributed by atoms with Crippen LogP contribution in [-0.2, 0) is 9.53 Å². The van der Waals surface area contributed by atoms with Crippen LogP contribution in [-0.4, -0.2) is 29.0 Å². The minimum absolute atomic E-state index is 0.159. The number of rotatable bonds is 3. The monoisotopic (exact) mass is 289 g/mol. The Labute approximate surface area is 105 Å². The van der Waals surface area contributed by atoms with E-state index < -0.39 is 0 Å². The van der Waals surface area contributed by atoms with Crippen molar-refractivity contribution in [2.75, 3.05) is 6.54 Å². The summed E-state index contributed by atoms with van der Waals surface area (Å²) in [5, 5.41) is 3.51. The van der Waals surface area contributed by atoms with Gasteiger partial charge >= 0.3 is 5.97 Å². The first-order valence-electron chi connectivity index (χ1n) is 6.00. The molecule has 0 amide bonds. The zero-order valence-corrected chi connectivity index (χ0v) is 11.7. The molecule has 1 saturated carbocycles. The molecule has 1 saturated heterocycles. The minimum Gasteiger partial charge on any atom is -0.458 e. The summed E-state index contributed by atoms with van der Waals surface area (Å²) in [5.41, 5.74) is -0.355. The molecule has 1 aliphatic carbocycles. The average molecular weight is 290 g/mol. The second-order valence-corrected chi connectivity index (χ2v) is 6.97. The van der Waals surface area contributed by atoms with Gasteiger partial charge in [0.25, 0.3) is 0 Å². The Kier molecular flexibility index (Phi) is 3.32. The van der Waals surface area contributed by atoms with Crippen LogP contribution in [0.25, 0.3) is 0 Å². The summed E-state index contributed by atoms with van der Waals surface area (Å²) in [6, 6.07) is 0.540. The van der Waals surface area contributed by atoms with Gasteiger partial charge in [-0.3, -0.25) is 4.79 Å². The molecule has 0 aromatic carbocycles. The van der Waals surface area contributed by atoms with E-state index in [0.717, 1.165) is 12.5 Å². The quantitative estimate of drug-likeness (QED) is 0.639. The van der Waals surface area contributed by atoms with Gasteiger partial charge in [0.2, 0.25) is 0 Å². The summed E-state index contributed by atoms with van der Waals surface area (Å²) < 4.78 is 5.61. The highest BCUT2D eigenvalue weighted by atomic mass is 79.9. The van der Waals surface area contributed by atoms with Crippen LogP contribution >= 0.6 is 15.9 Å². The molecule has 92 valence electrons. The molecule has 2 fully saturated rings. The molecule has 0 radical (unpaired) electrons. The molecule has 0 aromatic rings. The Morgan fingerprint density at radius 3 is 2.62 bits per heavy atom. The third-order valence-electron chi connectivity index (χ3n) is 3.91. The van der Waals surface area contributed by atoms with E-state index in [4.69, 9.17) is 4.74 Å². The van der Waals surface area contributed by atoms with Gasteiger partial charge in [0.05, 0.1) is 0 Å². The fourth-order valence-corrected chi connectivity index (χ4v) is 3.13. The zero-order valence-electron chi connectivity index (χ0n) is 10.1. The number of esters is 1. The summed E-state index contributed by atoms with van der Waals surface area (Å²) in [4.78, 5) is 11.4. The molecule has 1 N–H and O–H groups in total. The molecule has 2 rings (SSSR count). The number of piperidine rings is 1. The molecule has 0 aromatic heterocycles. The molecular weight excluding hydrogens is 270 g/mol. The first kappa shape index (κ1) is 12.4. The average Bonchev–Trinajstić information content (AvgIpc) is 2.77. The third-order valence-corrected chi connectivity index (χ3v) is 4.28. The third kappa shape index (κ3) is 2.28. The lowest BCUT2D eigenvalue weighted by atomic mass is 9.84. The maximum atomic E-state index is 11.6. The number of carbonyl (C=O) groups excluding carboxylic acids is 1. The van der Waals surface area contributed by atoms with E-state index in [0.29, 0.717) is 12.0 Å². The van der Waals surface area contributed by atoms with Crippen molar-refractivity contribution in [1.82, 2.24) is 5.32 Å². The SMILES string of the molecule is CC(Br)C(=O)OC(C)(C)C1CC2CNC1C2. The predicted molar refractivity (Wildman–Crippen MR) is 66.6 cm³/mol. The normalized spacial score (nSPS) is 35.1. The number of hydrogen-bond acceptors (Lipinski definition) is 3. The fourth-order valence-electron chi connectivity index (χ4n) is 3.04. The van der Waals surface area contributed by atoms with Crippen molar-refractivity contribution in [1.29, 1.82) is 0 Å². The highest BCUT2D eigenvalue weighted by molar-refractivity contribution is 9.10. The highest BCUT2D eigenvalue weighted by Crippen LogP contribution is 2.43. The Hall–Kier alpha value is -0.0900. The Bertz CT molecular complexity index is 291. The van der Waals surface area contributed by atoms with E-state index >= 15 is 0 Å². The molecule has 4 unspecified atom stereocenters. The molecule has 16 heavy (non-hydrogen) atoms. The van der Waals surface area contributed by atoms with Crippen molar-refractivity contribution in [2.45, 2.75) is 50.1 Å². The molecule has 2 bridgehead atoms. The van der Waals surface area contributed by atoms with E-state index in [1.165, 1.54) is 12.8 Å². The summed E-state index contributed by atoms with van der Waals surface area (Å²) in [7, 11) is 0. The number of hydrogen-bond donors (Lipinski definition) is 1. The van der Waals surface area contributed by atoms with Gasteiger partial charge < -0.3 is 10.1 Å². The van der Waals surface area contributed by atoms with E-state index in [9.17, 15) is 4.79 Å². The van der Waals surface area contributed by atoms with Gasteiger partial charge in [-0.2, -0.15) is 0 Å². The zero-order chi connectivity index (χ0) is 11.9. The number of ether oxygens (including phenoxy) is 1. The van der Waals surface area contributed by atoms with Crippen molar-refractivity contribution < 1.29 is 9.53 Å². The van der Waals surface area contributed by atoms with Gasteiger partial charge in [-0.05, 0) is 46.1 Å². The Morgan fingerprint density at radius 2 is 2.19 bits per heavy atom. The molecule has 0 spiro atoms. The van der Waals surface area contributed by atoms with Crippen LogP contribution in [0.1, 0.15) is 33.6 Å². The van der Waals surface area contributed by atoms with Crippen LogP contribution in [0.3, 0.4) is 0 Å². The first-order chi connectivity index (χ1) is 7.40. The van der Waals surface area contributed by atoms with E-state index in [-0.39, 0.29) is 16.4 Å². The lowest BCUT2D eigenvalue weighted by Crippen LogP contribution is -2.47. The van der Waals surface area contributed by atoms with Crippen molar-refractivity contribution >= 4 is 21.9 Å². The highest BCUT2D eigenvalue weighted by Gasteiger charge is 2.48. The summed E-state index contributed by atoms with van der Waals surface area (Å²) in [6.07, 6.45) is 2.43. The van der Waals surface area contributed by atoms with E-state index in [1.54, 1.807) is 6.92 Å². The number of alkyl halides is 1. The number of fused-ring (bicyclic) bond motifs is 2. The fraction of sp³-hybridized carbons (Fsp3) is 0.917. The summed E-state index contributed by atoms with van der Waals surface area (Å²) >= 11 is 3.25. The van der Waals surface area contributed by atoms with Gasteiger partial charge in [0.15, 0.2) is 0 Å². The topological polar surface area (TPSA) is 38.3 Å². The molecule has 4 heteroatoms. The van der Waals surface area contributed by atoms with Crippen LogP contribution in [0.4, 0.5) is 0 Å². The molecule has 4 atom stereocenters. The maximum absolute atomic E-state index is 11.6. The predicted octanol–water partition coefficient (Wildman–Crippen LogP) is 2.09. The number of carbonyl (C=O) groups is 1. The van der Waals surface area contributed by atoms with Crippen LogP contribution in [0.15, 0.2) is 0 Å². The van der Waals surface area contributed by atoms with Crippen molar-refractivity contribution in [3.05, 3.63) is 0 Å². The van der Waals surface area contributed by atoms with Crippen molar-refractivity contribution in [2.24, 2.45) is 11.8 Å². The maximum Gasteiger partial charge on any atom is 0.319 e. The molecule has 1 heterocycles. The van der Waals surface area contributed by atoms with Crippen molar-refractivity contribution in [3.63, 3.8) is 0 Å². The molecular formula is C12H20BrNO2. The summed E-state index contributed by atoms with van der Waals surface area (Å²) in [5.74, 6) is 1.09. The van der Waals surface area contributed by atoms with Crippen LogP contribution in [0.5, 0.6) is 0 Å². The van der Waals surface area contributed by atoms with E-state index in [1.807, 2.05) is 13.8 Å². The summed E-state index contributed by atoms with van der Waals surface area (Å²) in [6.45, 7) is 7.01. The van der Waals surface area contributed by atoms with Gasteiger partial charge in [0, 0.05) is 12.0 Å². The smallest absolute Gasteiger partial charge is 0.319 e. The Morgan fingerprint density at radius 1 is 1.50 bits per heavy atom. The molecule has 2 aliphatic rings. The Balaban J connectivity index is 1.99. The minimum atomic E-state index is -0.355. The van der Waals surface area contributed by atoms with Crippen molar-refractivity contribution in [3.8, 4) is 0 Å². The van der Waals surface area contributed by atoms with Gasteiger partial charge in [0.1, 0.15) is 10.4 Å². The first-order valence-corrected chi connectivity index (χ1v) is 6.92. The molecule has 3 nitrogen and oxygen atoms in total. The van der Waals surface area contributed by atoms with Gasteiger partial charge in [-0.15, -0.1) is 0 Å².